The minimum Gasteiger partial charge on any atom is -0.507 e. The minimum absolute atomic E-state index is 0.0597. The first-order valence-electron chi connectivity index (χ1n) is 4.91. The summed E-state index contributed by atoms with van der Waals surface area (Å²) in [5, 5.41) is 10.8. The van der Waals surface area contributed by atoms with E-state index < -0.39 is 0 Å². The molecule has 0 amide bonds. The highest BCUT2D eigenvalue weighted by molar-refractivity contribution is 7.24. The molecule has 0 saturated heterocycles. The fraction of sp³-hybridized carbons (Fsp3) is 0. The summed E-state index contributed by atoms with van der Waals surface area (Å²) in [6.45, 7) is 0. The molecule has 0 bridgehead atoms. The fourth-order valence-electron chi connectivity index (χ4n) is 1.83. The summed E-state index contributed by atoms with van der Waals surface area (Å²) in [4.78, 5) is 12.2. The number of benzene rings is 2. The molecule has 3 rings (SSSR count). The number of rotatable bonds is 0. The van der Waals surface area contributed by atoms with Crippen molar-refractivity contribution in [2.45, 2.75) is 0 Å². The normalized spacial score (nSPS) is 11.0. The topological polar surface area (TPSA) is 37.3 Å². The Morgan fingerprint density at radius 2 is 1.69 bits per heavy atom. The standard InChI is InChI=1S/C13H8O2S/c14-9-5-3-7-11-12(9)13(15)8-4-1-2-6-10(8)16-11/h1-7,14H. The van der Waals surface area contributed by atoms with Crippen LogP contribution in [0.15, 0.2) is 47.3 Å². The zero-order valence-corrected chi connectivity index (χ0v) is 9.12. The highest BCUT2D eigenvalue weighted by atomic mass is 32.1. The van der Waals surface area contributed by atoms with Gasteiger partial charge in [0.15, 0.2) is 5.43 Å². The van der Waals surface area contributed by atoms with Crippen LogP contribution in [0.3, 0.4) is 0 Å². The fourth-order valence-corrected chi connectivity index (χ4v) is 2.93. The summed E-state index contributed by atoms with van der Waals surface area (Å²) in [6, 6.07) is 12.6. The van der Waals surface area contributed by atoms with Gasteiger partial charge in [-0.2, -0.15) is 0 Å². The Morgan fingerprint density at radius 1 is 0.938 bits per heavy atom. The molecule has 0 unspecified atom stereocenters. The van der Waals surface area contributed by atoms with E-state index in [0.29, 0.717) is 10.8 Å². The second-order valence-electron chi connectivity index (χ2n) is 3.58. The summed E-state index contributed by atoms with van der Waals surface area (Å²) in [5.41, 5.74) is -0.0950. The van der Waals surface area contributed by atoms with Crippen LogP contribution in [0.25, 0.3) is 20.2 Å². The van der Waals surface area contributed by atoms with Crippen LogP contribution in [0, 0.1) is 0 Å². The molecule has 0 fully saturated rings. The maximum atomic E-state index is 12.2. The number of phenolic OH excluding ortho intramolecular Hbond substituents is 1. The summed E-state index contributed by atoms with van der Waals surface area (Å²) >= 11 is 1.52. The molecule has 0 aliphatic rings. The van der Waals surface area contributed by atoms with Crippen LogP contribution in [0.1, 0.15) is 0 Å². The third-order valence-corrected chi connectivity index (χ3v) is 3.72. The Morgan fingerprint density at radius 3 is 2.56 bits per heavy atom. The van der Waals surface area contributed by atoms with Crippen LogP contribution in [0.2, 0.25) is 0 Å². The monoisotopic (exact) mass is 228 g/mol. The Hall–Kier alpha value is -1.87. The van der Waals surface area contributed by atoms with Gasteiger partial charge in [0.05, 0.1) is 5.39 Å². The van der Waals surface area contributed by atoms with Crippen molar-refractivity contribution in [1.29, 1.82) is 0 Å². The van der Waals surface area contributed by atoms with E-state index in [0.717, 1.165) is 9.40 Å². The third kappa shape index (κ3) is 1.22. The Bertz CT molecular complexity index is 744. The second-order valence-corrected chi connectivity index (χ2v) is 4.66. The zero-order chi connectivity index (χ0) is 11.1. The molecule has 16 heavy (non-hydrogen) atoms. The van der Waals surface area contributed by atoms with Crippen molar-refractivity contribution in [1.82, 2.24) is 0 Å². The van der Waals surface area contributed by atoms with E-state index in [1.165, 1.54) is 11.3 Å². The third-order valence-electron chi connectivity index (χ3n) is 2.58. The van der Waals surface area contributed by atoms with Crippen molar-refractivity contribution >= 4 is 31.5 Å². The minimum atomic E-state index is -0.0950. The predicted octanol–water partition coefficient (Wildman–Crippen LogP) is 3.12. The van der Waals surface area contributed by atoms with Crippen LogP contribution >= 0.6 is 11.3 Å². The average molecular weight is 228 g/mol. The quantitative estimate of drug-likeness (QED) is 0.600. The predicted molar refractivity (Wildman–Crippen MR) is 67.3 cm³/mol. The van der Waals surface area contributed by atoms with Crippen molar-refractivity contribution in [2.24, 2.45) is 0 Å². The van der Waals surface area contributed by atoms with Gasteiger partial charge in [-0.3, -0.25) is 4.79 Å². The molecule has 1 N–H and O–H groups in total. The van der Waals surface area contributed by atoms with E-state index >= 15 is 0 Å². The molecular weight excluding hydrogens is 220 g/mol. The largest absolute Gasteiger partial charge is 0.507 e. The van der Waals surface area contributed by atoms with E-state index in [4.69, 9.17) is 0 Å². The summed E-state index contributed by atoms with van der Waals surface area (Å²) in [5.74, 6) is 0.0597. The van der Waals surface area contributed by atoms with Crippen LogP contribution in [-0.4, -0.2) is 5.11 Å². The van der Waals surface area contributed by atoms with Crippen LogP contribution in [-0.2, 0) is 0 Å². The smallest absolute Gasteiger partial charge is 0.199 e. The number of hydrogen-bond acceptors (Lipinski definition) is 3. The molecule has 1 heterocycles. The van der Waals surface area contributed by atoms with Gasteiger partial charge in [0.25, 0.3) is 0 Å². The van der Waals surface area contributed by atoms with Crippen LogP contribution < -0.4 is 5.43 Å². The van der Waals surface area contributed by atoms with Gasteiger partial charge in [-0.25, -0.2) is 0 Å². The zero-order valence-electron chi connectivity index (χ0n) is 8.31. The SMILES string of the molecule is O=c1c2ccccc2sc2cccc(O)c12. The van der Waals surface area contributed by atoms with Gasteiger partial charge in [-0.1, -0.05) is 18.2 Å². The summed E-state index contributed by atoms with van der Waals surface area (Å²) < 4.78 is 1.77. The Kier molecular flexibility index (Phi) is 1.94. The molecule has 0 spiro atoms. The highest BCUT2D eigenvalue weighted by Gasteiger charge is 2.08. The molecule has 3 heteroatoms. The van der Waals surface area contributed by atoms with Crippen molar-refractivity contribution in [3.05, 3.63) is 52.7 Å². The van der Waals surface area contributed by atoms with E-state index in [1.54, 1.807) is 18.2 Å². The lowest BCUT2D eigenvalue weighted by atomic mass is 10.2. The molecule has 3 aromatic rings. The number of phenols is 1. The van der Waals surface area contributed by atoms with Crippen molar-refractivity contribution < 1.29 is 5.11 Å². The molecule has 1 aromatic heterocycles. The van der Waals surface area contributed by atoms with Gasteiger partial charge in [-0.15, -0.1) is 11.3 Å². The van der Waals surface area contributed by atoms with Gasteiger partial charge in [0, 0.05) is 14.8 Å². The lowest BCUT2D eigenvalue weighted by molar-refractivity contribution is 0.481. The highest BCUT2D eigenvalue weighted by Crippen LogP contribution is 2.28. The first-order valence-corrected chi connectivity index (χ1v) is 5.72. The van der Waals surface area contributed by atoms with Crippen molar-refractivity contribution in [2.75, 3.05) is 0 Å². The van der Waals surface area contributed by atoms with Crippen molar-refractivity contribution in [3.8, 4) is 5.75 Å². The summed E-state index contributed by atoms with van der Waals surface area (Å²) in [7, 11) is 0. The van der Waals surface area contributed by atoms with Crippen LogP contribution in [0.4, 0.5) is 0 Å². The summed E-state index contributed by atoms with van der Waals surface area (Å²) in [6.07, 6.45) is 0. The van der Waals surface area contributed by atoms with E-state index in [-0.39, 0.29) is 11.2 Å². The molecule has 0 aliphatic carbocycles. The Balaban J connectivity index is 2.67. The molecule has 0 aliphatic heterocycles. The first kappa shape index (κ1) is 9.36. The molecule has 0 atom stereocenters. The average Bonchev–Trinajstić information content (AvgIpc) is 2.29. The number of hydrogen-bond donors (Lipinski definition) is 1. The molecule has 2 aromatic carbocycles. The number of aromatic hydroxyl groups is 1. The molecule has 0 saturated carbocycles. The van der Waals surface area contributed by atoms with Gasteiger partial charge in [0.2, 0.25) is 0 Å². The van der Waals surface area contributed by atoms with E-state index in [2.05, 4.69) is 0 Å². The maximum absolute atomic E-state index is 12.2. The molecule has 2 nitrogen and oxygen atoms in total. The lowest BCUT2D eigenvalue weighted by Gasteiger charge is -2.01. The molecule has 78 valence electrons. The lowest BCUT2D eigenvalue weighted by Crippen LogP contribution is -2.00. The van der Waals surface area contributed by atoms with Crippen LogP contribution in [0.5, 0.6) is 5.75 Å². The van der Waals surface area contributed by atoms with Gasteiger partial charge < -0.3 is 5.11 Å². The molecular formula is C13H8O2S. The second kappa shape index (κ2) is 3.32. The Labute approximate surface area is 95.4 Å². The maximum Gasteiger partial charge on any atom is 0.199 e. The van der Waals surface area contributed by atoms with Gasteiger partial charge >= 0.3 is 0 Å². The van der Waals surface area contributed by atoms with E-state index in [9.17, 15) is 9.90 Å². The van der Waals surface area contributed by atoms with Gasteiger partial charge in [0.1, 0.15) is 5.75 Å². The van der Waals surface area contributed by atoms with Crippen molar-refractivity contribution in [3.63, 3.8) is 0 Å². The first-order chi connectivity index (χ1) is 7.77. The van der Waals surface area contributed by atoms with E-state index in [1.807, 2.05) is 24.3 Å². The van der Waals surface area contributed by atoms with Gasteiger partial charge in [-0.05, 0) is 24.3 Å². The molecule has 0 radical (unpaired) electrons. The number of fused-ring (bicyclic) bond motifs is 2.